The minimum atomic E-state index is -2.75. The Labute approximate surface area is 137 Å². The van der Waals surface area contributed by atoms with Crippen molar-refractivity contribution >= 4 is 38.4 Å². The number of hydrogen-bond acceptors (Lipinski definition) is 3. The molecule has 3 aromatic rings. The van der Waals surface area contributed by atoms with Crippen LogP contribution in [0.3, 0.4) is 0 Å². The lowest BCUT2D eigenvalue weighted by atomic mass is 10.2. The van der Waals surface area contributed by atoms with Crippen molar-refractivity contribution in [3.63, 3.8) is 0 Å². The molecule has 0 saturated carbocycles. The maximum absolute atomic E-state index is 13.1. The number of rotatable bonds is 3. The molecule has 0 N–H and O–H groups in total. The second-order valence-electron chi connectivity index (χ2n) is 4.42. The van der Waals surface area contributed by atoms with Gasteiger partial charge in [-0.15, -0.1) is 0 Å². The highest BCUT2D eigenvalue weighted by Gasteiger charge is 2.21. The summed E-state index contributed by atoms with van der Waals surface area (Å²) in [7, 11) is 1.36. The lowest BCUT2D eigenvalue weighted by Crippen LogP contribution is -2.06. The van der Waals surface area contributed by atoms with Crippen molar-refractivity contribution in [2.24, 2.45) is 0 Å². The summed E-state index contributed by atoms with van der Waals surface area (Å²) < 4.78 is 32.9. The SMILES string of the molecule is COc1nc(-n2ccc3ccc(Cl)cc32)nc(C(F)F)c1Br. The fourth-order valence-electron chi connectivity index (χ4n) is 2.09. The van der Waals surface area contributed by atoms with Crippen LogP contribution < -0.4 is 4.74 Å². The number of halogens is 4. The zero-order valence-electron chi connectivity index (χ0n) is 11.2. The van der Waals surface area contributed by atoms with Gasteiger partial charge in [0.1, 0.15) is 10.2 Å². The van der Waals surface area contributed by atoms with E-state index in [1.807, 2.05) is 12.1 Å². The topological polar surface area (TPSA) is 39.9 Å². The van der Waals surface area contributed by atoms with E-state index in [4.69, 9.17) is 16.3 Å². The van der Waals surface area contributed by atoms with Crippen LogP contribution in [0.1, 0.15) is 12.1 Å². The van der Waals surface area contributed by atoms with E-state index in [9.17, 15) is 8.78 Å². The highest BCUT2D eigenvalue weighted by molar-refractivity contribution is 9.10. The van der Waals surface area contributed by atoms with Gasteiger partial charge in [-0.2, -0.15) is 4.98 Å². The van der Waals surface area contributed by atoms with E-state index in [-0.39, 0.29) is 16.3 Å². The predicted molar refractivity (Wildman–Crippen MR) is 83.1 cm³/mol. The van der Waals surface area contributed by atoms with Crippen LogP contribution in [0.15, 0.2) is 34.9 Å². The monoisotopic (exact) mass is 387 g/mol. The Morgan fingerprint density at radius 1 is 1.27 bits per heavy atom. The Balaban J connectivity index is 2.26. The third-order valence-electron chi connectivity index (χ3n) is 3.11. The maximum atomic E-state index is 13.1. The summed E-state index contributed by atoms with van der Waals surface area (Å²) >= 11 is 9.03. The molecule has 0 fully saturated rings. The van der Waals surface area contributed by atoms with E-state index in [0.717, 1.165) is 10.9 Å². The van der Waals surface area contributed by atoms with Crippen LogP contribution in [0.4, 0.5) is 8.78 Å². The second kappa shape index (κ2) is 5.81. The average Bonchev–Trinajstić information content (AvgIpc) is 2.90. The molecular weight excluding hydrogens is 380 g/mol. The lowest BCUT2D eigenvalue weighted by Gasteiger charge is -2.11. The molecule has 0 unspecified atom stereocenters. The number of alkyl halides is 2. The quantitative estimate of drug-likeness (QED) is 0.648. The van der Waals surface area contributed by atoms with Gasteiger partial charge in [-0.3, -0.25) is 4.57 Å². The molecule has 114 valence electrons. The molecule has 0 bridgehead atoms. The van der Waals surface area contributed by atoms with Gasteiger partial charge in [0, 0.05) is 16.6 Å². The zero-order chi connectivity index (χ0) is 15.9. The fourth-order valence-corrected chi connectivity index (χ4v) is 2.77. The molecule has 0 saturated heterocycles. The Bertz CT molecular complexity index is 853. The van der Waals surface area contributed by atoms with Crippen molar-refractivity contribution in [1.82, 2.24) is 14.5 Å². The van der Waals surface area contributed by atoms with Crippen molar-refractivity contribution in [2.45, 2.75) is 6.43 Å². The van der Waals surface area contributed by atoms with Crippen LogP contribution >= 0.6 is 27.5 Å². The van der Waals surface area contributed by atoms with Gasteiger partial charge in [0.05, 0.1) is 12.6 Å². The van der Waals surface area contributed by atoms with Crippen molar-refractivity contribution in [2.75, 3.05) is 7.11 Å². The summed E-state index contributed by atoms with van der Waals surface area (Å²) in [5.41, 5.74) is 0.294. The molecular formula is C14H9BrClF2N3O. The van der Waals surface area contributed by atoms with Crippen LogP contribution in [0.5, 0.6) is 5.88 Å². The number of hydrogen-bond donors (Lipinski definition) is 0. The van der Waals surface area contributed by atoms with Crippen LogP contribution in [-0.2, 0) is 0 Å². The largest absolute Gasteiger partial charge is 0.480 e. The summed E-state index contributed by atoms with van der Waals surface area (Å²) in [6.45, 7) is 0. The number of nitrogens with zero attached hydrogens (tertiary/aromatic N) is 3. The number of aromatic nitrogens is 3. The summed E-state index contributed by atoms with van der Waals surface area (Å²) in [4.78, 5) is 8.10. The highest BCUT2D eigenvalue weighted by atomic mass is 79.9. The molecule has 0 aliphatic carbocycles. The molecule has 3 rings (SSSR count). The summed E-state index contributed by atoms with van der Waals surface area (Å²) in [5, 5.41) is 1.43. The molecule has 2 aromatic heterocycles. The molecule has 0 atom stereocenters. The minimum absolute atomic E-state index is 0.0447. The fraction of sp³-hybridized carbons (Fsp3) is 0.143. The Morgan fingerprint density at radius 2 is 2.05 bits per heavy atom. The van der Waals surface area contributed by atoms with E-state index in [0.29, 0.717) is 5.02 Å². The predicted octanol–water partition coefficient (Wildman–Crippen LogP) is 4.78. The molecule has 0 aliphatic rings. The van der Waals surface area contributed by atoms with Crippen LogP contribution in [0.2, 0.25) is 5.02 Å². The van der Waals surface area contributed by atoms with Crippen molar-refractivity contribution in [1.29, 1.82) is 0 Å². The summed E-state index contributed by atoms with van der Waals surface area (Å²) in [6.07, 6.45) is -1.06. The van der Waals surface area contributed by atoms with Gasteiger partial charge in [0.2, 0.25) is 11.8 Å². The Kier molecular flexibility index (Phi) is 4.01. The molecule has 1 aromatic carbocycles. The van der Waals surface area contributed by atoms with Gasteiger partial charge in [-0.1, -0.05) is 17.7 Å². The van der Waals surface area contributed by atoms with E-state index in [2.05, 4.69) is 25.9 Å². The molecule has 2 heterocycles. The third-order valence-corrected chi connectivity index (χ3v) is 4.09. The van der Waals surface area contributed by atoms with E-state index in [1.165, 1.54) is 7.11 Å². The first kappa shape index (κ1) is 15.2. The molecule has 0 spiro atoms. The average molecular weight is 389 g/mol. The van der Waals surface area contributed by atoms with Crippen molar-refractivity contribution in [3.05, 3.63) is 45.7 Å². The third kappa shape index (κ3) is 2.55. The van der Waals surface area contributed by atoms with E-state index >= 15 is 0 Å². The lowest BCUT2D eigenvalue weighted by molar-refractivity contribution is 0.144. The minimum Gasteiger partial charge on any atom is -0.480 e. The molecule has 8 heteroatoms. The summed E-state index contributed by atoms with van der Waals surface area (Å²) in [6, 6.07) is 7.13. The zero-order valence-corrected chi connectivity index (χ0v) is 13.6. The first-order valence-electron chi connectivity index (χ1n) is 6.18. The van der Waals surface area contributed by atoms with E-state index in [1.54, 1.807) is 22.9 Å². The molecule has 0 radical (unpaired) electrons. The van der Waals surface area contributed by atoms with E-state index < -0.39 is 12.1 Å². The van der Waals surface area contributed by atoms with Crippen LogP contribution in [0.25, 0.3) is 16.9 Å². The highest BCUT2D eigenvalue weighted by Crippen LogP contribution is 2.33. The van der Waals surface area contributed by atoms with Gasteiger partial charge >= 0.3 is 0 Å². The number of benzene rings is 1. The standard InChI is InChI=1S/C14H9BrClF2N3O/c1-22-13-10(15)11(12(17)18)19-14(20-13)21-5-4-7-2-3-8(16)6-9(7)21/h2-6,12H,1H3. The van der Waals surface area contributed by atoms with Gasteiger partial charge < -0.3 is 4.74 Å². The number of ether oxygens (including phenoxy) is 1. The summed E-state index contributed by atoms with van der Waals surface area (Å²) in [5.74, 6) is 0.136. The molecule has 4 nitrogen and oxygen atoms in total. The Hall–Kier alpha value is -1.73. The Morgan fingerprint density at radius 3 is 2.73 bits per heavy atom. The van der Waals surface area contributed by atoms with Crippen molar-refractivity contribution < 1.29 is 13.5 Å². The number of fused-ring (bicyclic) bond motifs is 1. The van der Waals surface area contributed by atoms with Crippen LogP contribution in [-0.4, -0.2) is 21.6 Å². The van der Waals surface area contributed by atoms with Crippen molar-refractivity contribution in [3.8, 4) is 11.8 Å². The molecule has 22 heavy (non-hydrogen) atoms. The normalized spacial score (nSPS) is 11.4. The first-order chi connectivity index (χ1) is 10.5. The number of methoxy groups -OCH3 is 1. The van der Waals surface area contributed by atoms with Gasteiger partial charge in [0.15, 0.2) is 0 Å². The molecule has 0 aliphatic heterocycles. The smallest absolute Gasteiger partial charge is 0.281 e. The maximum Gasteiger partial charge on any atom is 0.281 e. The second-order valence-corrected chi connectivity index (χ2v) is 5.65. The van der Waals surface area contributed by atoms with Gasteiger partial charge in [-0.25, -0.2) is 13.8 Å². The van der Waals surface area contributed by atoms with Gasteiger partial charge in [-0.05, 0) is 34.1 Å². The first-order valence-corrected chi connectivity index (χ1v) is 7.35. The van der Waals surface area contributed by atoms with Gasteiger partial charge in [0.25, 0.3) is 6.43 Å². The molecule has 0 amide bonds. The van der Waals surface area contributed by atoms with Crippen LogP contribution in [0, 0.1) is 0 Å².